The first-order chi connectivity index (χ1) is 6.94. The van der Waals surface area contributed by atoms with Crippen LogP contribution in [-0.2, 0) is 9.47 Å². The molecule has 1 unspecified atom stereocenters. The second-order valence-electron chi connectivity index (χ2n) is 4.32. The summed E-state index contributed by atoms with van der Waals surface area (Å²) >= 11 is 3.63. The van der Waals surface area contributed by atoms with E-state index in [0.717, 1.165) is 5.57 Å². The van der Waals surface area contributed by atoms with Crippen molar-refractivity contribution in [3.8, 4) is 0 Å². The standard InChI is InChI=1S/C11H19BrO3/c1-7(6-13)5-11(3)9(12)8(2)10(14-4)15-11/h5,8-10,13H,6H2,1-4H3/b7-5-/t8-,9-,10?,11+/m1/s1. The Balaban J connectivity index is 2.87. The first kappa shape index (κ1) is 13.2. The van der Waals surface area contributed by atoms with Gasteiger partial charge in [0.1, 0.15) is 0 Å². The molecule has 0 radical (unpaired) electrons. The minimum Gasteiger partial charge on any atom is -0.392 e. The zero-order valence-corrected chi connectivity index (χ0v) is 11.2. The highest BCUT2D eigenvalue weighted by Crippen LogP contribution is 2.41. The van der Waals surface area contributed by atoms with Crippen LogP contribution in [0.25, 0.3) is 0 Å². The molecular formula is C11H19BrO3. The van der Waals surface area contributed by atoms with Crippen LogP contribution in [0.3, 0.4) is 0 Å². The molecular weight excluding hydrogens is 260 g/mol. The summed E-state index contributed by atoms with van der Waals surface area (Å²) in [6.45, 7) is 6.03. The maximum atomic E-state index is 9.01. The minimum atomic E-state index is -0.410. The maximum Gasteiger partial charge on any atom is 0.162 e. The molecule has 0 aliphatic carbocycles. The van der Waals surface area contributed by atoms with E-state index in [1.807, 2.05) is 19.9 Å². The largest absolute Gasteiger partial charge is 0.392 e. The molecule has 4 atom stereocenters. The SMILES string of the molecule is COC1O[C@@](C)(/C=C(/C)CO)[C@H](Br)[C@H]1C. The van der Waals surface area contributed by atoms with Crippen LogP contribution in [0, 0.1) is 5.92 Å². The van der Waals surface area contributed by atoms with Gasteiger partial charge >= 0.3 is 0 Å². The lowest BCUT2D eigenvalue weighted by atomic mass is 9.94. The summed E-state index contributed by atoms with van der Waals surface area (Å²) in [5, 5.41) is 9.01. The first-order valence-electron chi connectivity index (χ1n) is 5.08. The van der Waals surface area contributed by atoms with Crippen molar-refractivity contribution in [3.05, 3.63) is 11.6 Å². The van der Waals surface area contributed by atoms with Crippen LogP contribution in [0.4, 0.5) is 0 Å². The zero-order valence-electron chi connectivity index (χ0n) is 9.66. The van der Waals surface area contributed by atoms with Crippen LogP contribution >= 0.6 is 15.9 Å². The van der Waals surface area contributed by atoms with E-state index in [-0.39, 0.29) is 23.6 Å². The number of rotatable bonds is 3. The fraction of sp³-hybridized carbons (Fsp3) is 0.818. The highest BCUT2D eigenvalue weighted by atomic mass is 79.9. The number of hydrogen-bond acceptors (Lipinski definition) is 3. The number of aliphatic hydroxyl groups is 1. The van der Waals surface area contributed by atoms with E-state index in [1.165, 1.54) is 0 Å². The van der Waals surface area contributed by atoms with Crippen molar-refractivity contribution >= 4 is 15.9 Å². The summed E-state index contributed by atoms with van der Waals surface area (Å²) in [6, 6.07) is 0. The average molecular weight is 279 g/mol. The molecule has 1 aliphatic rings. The Morgan fingerprint density at radius 2 is 2.27 bits per heavy atom. The molecule has 1 saturated heterocycles. The molecule has 0 saturated carbocycles. The smallest absolute Gasteiger partial charge is 0.162 e. The normalized spacial score (nSPS) is 42.3. The summed E-state index contributed by atoms with van der Waals surface area (Å²) in [6.07, 6.45) is 1.77. The molecule has 1 heterocycles. The van der Waals surface area contributed by atoms with Crippen molar-refractivity contribution in [1.29, 1.82) is 0 Å². The average Bonchev–Trinajstić information content (AvgIpc) is 2.42. The van der Waals surface area contributed by atoms with Crippen molar-refractivity contribution in [2.24, 2.45) is 5.92 Å². The van der Waals surface area contributed by atoms with Crippen LogP contribution in [0.5, 0.6) is 0 Å². The lowest BCUT2D eigenvalue weighted by molar-refractivity contribution is -0.145. The van der Waals surface area contributed by atoms with Gasteiger partial charge in [0.25, 0.3) is 0 Å². The third-order valence-corrected chi connectivity index (χ3v) is 4.57. The van der Waals surface area contributed by atoms with Gasteiger partial charge in [-0.05, 0) is 19.4 Å². The zero-order chi connectivity index (χ0) is 11.6. The highest BCUT2D eigenvalue weighted by molar-refractivity contribution is 9.09. The molecule has 0 aromatic carbocycles. The van der Waals surface area contributed by atoms with Gasteiger partial charge in [0, 0.05) is 13.0 Å². The van der Waals surface area contributed by atoms with Crippen LogP contribution < -0.4 is 0 Å². The van der Waals surface area contributed by atoms with E-state index >= 15 is 0 Å². The summed E-state index contributed by atoms with van der Waals surface area (Å²) in [5.74, 6) is 0.280. The predicted octanol–water partition coefficient (Wildman–Crippen LogP) is 2.09. The molecule has 3 nitrogen and oxygen atoms in total. The Labute approximate surface area is 99.6 Å². The van der Waals surface area contributed by atoms with Gasteiger partial charge in [-0.3, -0.25) is 0 Å². The third kappa shape index (κ3) is 2.61. The number of aliphatic hydroxyl groups excluding tert-OH is 1. The van der Waals surface area contributed by atoms with Gasteiger partial charge in [-0.25, -0.2) is 0 Å². The molecule has 0 spiro atoms. The molecule has 1 aliphatic heterocycles. The number of hydrogen-bond donors (Lipinski definition) is 1. The molecule has 1 N–H and O–H groups in total. The molecule has 0 bridgehead atoms. The quantitative estimate of drug-likeness (QED) is 0.635. The van der Waals surface area contributed by atoms with Crippen LogP contribution in [0.1, 0.15) is 20.8 Å². The van der Waals surface area contributed by atoms with Gasteiger partial charge in [-0.2, -0.15) is 0 Å². The van der Waals surface area contributed by atoms with E-state index in [9.17, 15) is 0 Å². The second-order valence-corrected chi connectivity index (χ2v) is 5.30. The van der Waals surface area contributed by atoms with Crippen molar-refractivity contribution in [2.45, 2.75) is 37.5 Å². The summed E-state index contributed by atoms with van der Waals surface area (Å²) in [7, 11) is 1.65. The van der Waals surface area contributed by atoms with Gasteiger partial charge in [0.05, 0.1) is 17.0 Å². The Hall–Kier alpha value is 0.100. The van der Waals surface area contributed by atoms with Gasteiger partial charge in [-0.1, -0.05) is 28.9 Å². The summed E-state index contributed by atoms with van der Waals surface area (Å²) in [5.41, 5.74) is 0.498. The maximum absolute atomic E-state index is 9.01. The Kier molecular flexibility index (Phi) is 4.35. The monoisotopic (exact) mass is 278 g/mol. The van der Waals surface area contributed by atoms with E-state index in [1.54, 1.807) is 7.11 Å². The molecule has 0 amide bonds. The van der Waals surface area contributed by atoms with E-state index in [0.29, 0.717) is 0 Å². The fourth-order valence-corrected chi connectivity index (χ4v) is 2.48. The van der Waals surface area contributed by atoms with Crippen molar-refractivity contribution < 1.29 is 14.6 Å². The first-order valence-corrected chi connectivity index (χ1v) is 6.00. The topological polar surface area (TPSA) is 38.7 Å². The number of methoxy groups -OCH3 is 1. The number of alkyl halides is 1. The van der Waals surface area contributed by atoms with Crippen molar-refractivity contribution in [3.63, 3.8) is 0 Å². The highest BCUT2D eigenvalue weighted by Gasteiger charge is 2.47. The number of ether oxygens (including phenoxy) is 2. The molecule has 0 aromatic heterocycles. The summed E-state index contributed by atoms with van der Waals surface area (Å²) in [4.78, 5) is 0.191. The molecule has 15 heavy (non-hydrogen) atoms. The Bertz CT molecular complexity index is 254. The summed E-state index contributed by atoms with van der Waals surface area (Å²) < 4.78 is 11.1. The molecule has 1 fully saturated rings. The van der Waals surface area contributed by atoms with Gasteiger partial charge < -0.3 is 14.6 Å². The molecule has 88 valence electrons. The minimum absolute atomic E-state index is 0.0602. The van der Waals surface area contributed by atoms with Crippen LogP contribution in [0.15, 0.2) is 11.6 Å². The predicted molar refractivity (Wildman–Crippen MR) is 63.0 cm³/mol. The van der Waals surface area contributed by atoms with Crippen LogP contribution in [-0.4, -0.2) is 35.5 Å². The molecule has 1 rings (SSSR count). The lowest BCUT2D eigenvalue weighted by Gasteiger charge is -2.24. The van der Waals surface area contributed by atoms with Crippen LogP contribution in [0.2, 0.25) is 0 Å². The van der Waals surface area contributed by atoms with E-state index < -0.39 is 5.60 Å². The van der Waals surface area contributed by atoms with E-state index in [4.69, 9.17) is 14.6 Å². The third-order valence-electron chi connectivity index (χ3n) is 2.82. The second kappa shape index (κ2) is 4.95. The Morgan fingerprint density at radius 1 is 1.67 bits per heavy atom. The fourth-order valence-electron chi connectivity index (χ4n) is 1.99. The van der Waals surface area contributed by atoms with Crippen molar-refractivity contribution in [1.82, 2.24) is 0 Å². The molecule has 0 aromatic rings. The number of halogens is 1. The van der Waals surface area contributed by atoms with E-state index in [2.05, 4.69) is 22.9 Å². The van der Waals surface area contributed by atoms with Crippen molar-refractivity contribution in [2.75, 3.05) is 13.7 Å². The van der Waals surface area contributed by atoms with Gasteiger partial charge in [0.2, 0.25) is 0 Å². The molecule has 4 heteroatoms. The lowest BCUT2D eigenvalue weighted by Crippen LogP contribution is -2.31. The van der Waals surface area contributed by atoms with Gasteiger partial charge in [0.15, 0.2) is 6.29 Å². The Morgan fingerprint density at radius 3 is 2.67 bits per heavy atom. The van der Waals surface area contributed by atoms with Gasteiger partial charge in [-0.15, -0.1) is 0 Å².